The summed E-state index contributed by atoms with van der Waals surface area (Å²) in [4.78, 5) is 1.46. The van der Waals surface area contributed by atoms with Crippen LogP contribution >= 0.6 is 11.3 Å². The highest BCUT2D eigenvalue weighted by atomic mass is 32.1. The second-order valence-electron chi connectivity index (χ2n) is 5.50. The van der Waals surface area contributed by atoms with Gasteiger partial charge >= 0.3 is 0 Å². The summed E-state index contributed by atoms with van der Waals surface area (Å²) in [6.45, 7) is 2.23. The van der Waals surface area contributed by atoms with E-state index in [0.717, 1.165) is 11.7 Å². The molecule has 1 aliphatic carbocycles. The van der Waals surface area contributed by atoms with Gasteiger partial charge in [0.2, 0.25) is 0 Å². The molecule has 1 unspecified atom stereocenters. The predicted octanol–water partition coefficient (Wildman–Crippen LogP) is 4.56. The lowest BCUT2D eigenvalue weighted by atomic mass is 10.0. The highest BCUT2D eigenvalue weighted by molar-refractivity contribution is 7.10. The monoisotopic (exact) mass is 287 g/mol. The van der Waals surface area contributed by atoms with Gasteiger partial charge in [-0.1, -0.05) is 18.2 Å². The van der Waals surface area contributed by atoms with Crippen LogP contribution in [0.4, 0.5) is 0 Å². The van der Waals surface area contributed by atoms with E-state index in [-0.39, 0.29) is 0 Å². The van der Waals surface area contributed by atoms with Crippen LogP contribution in [0.5, 0.6) is 5.75 Å². The third kappa shape index (κ3) is 3.05. The van der Waals surface area contributed by atoms with Crippen LogP contribution < -0.4 is 10.1 Å². The zero-order valence-electron chi connectivity index (χ0n) is 12.0. The molecule has 2 atom stereocenters. The standard InChI is InChI=1S/C17H21NOS/c1-12(14-5-3-6-15(11-14)19-2)18-17(13-8-9-13)16-7-4-10-20-16/h3-7,10-13,17-18H,8-9H2,1-2H3/t12-,17?/m1/s1. The molecule has 0 amide bonds. The number of nitrogens with one attached hydrogen (secondary N) is 1. The summed E-state index contributed by atoms with van der Waals surface area (Å²) in [6.07, 6.45) is 2.70. The normalized spacial score (nSPS) is 17.7. The molecule has 1 aromatic heterocycles. The second-order valence-corrected chi connectivity index (χ2v) is 6.47. The average Bonchev–Trinajstić information content (AvgIpc) is 3.18. The van der Waals surface area contributed by atoms with Crippen LogP contribution in [0.2, 0.25) is 0 Å². The summed E-state index contributed by atoms with van der Waals surface area (Å²) in [7, 11) is 1.72. The van der Waals surface area contributed by atoms with Crippen molar-refractivity contribution in [3.05, 3.63) is 52.2 Å². The van der Waals surface area contributed by atoms with Crippen molar-refractivity contribution in [1.82, 2.24) is 5.32 Å². The molecule has 1 N–H and O–H groups in total. The Bertz CT molecular complexity index is 548. The van der Waals surface area contributed by atoms with Crippen molar-refractivity contribution in [2.45, 2.75) is 31.8 Å². The minimum Gasteiger partial charge on any atom is -0.497 e. The van der Waals surface area contributed by atoms with Gasteiger partial charge in [-0.25, -0.2) is 0 Å². The Morgan fingerprint density at radius 1 is 1.25 bits per heavy atom. The molecule has 0 saturated heterocycles. The van der Waals surface area contributed by atoms with Crippen molar-refractivity contribution in [3.8, 4) is 5.75 Å². The van der Waals surface area contributed by atoms with Crippen LogP contribution in [0.15, 0.2) is 41.8 Å². The minimum absolute atomic E-state index is 0.331. The van der Waals surface area contributed by atoms with E-state index in [1.54, 1.807) is 7.11 Å². The quantitative estimate of drug-likeness (QED) is 0.841. The SMILES string of the molecule is COc1cccc([C@@H](C)NC(c2cccs2)C2CC2)c1. The molecule has 3 rings (SSSR count). The van der Waals surface area contributed by atoms with Crippen molar-refractivity contribution < 1.29 is 4.74 Å². The summed E-state index contributed by atoms with van der Waals surface area (Å²) in [5, 5.41) is 5.97. The second kappa shape index (κ2) is 5.98. The minimum atomic E-state index is 0.331. The zero-order chi connectivity index (χ0) is 13.9. The van der Waals surface area contributed by atoms with Gasteiger partial charge in [0, 0.05) is 17.0 Å². The molecular formula is C17H21NOS. The van der Waals surface area contributed by atoms with Gasteiger partial charge in [-0.2, -0.15) is 0 Å². The Hall–Kier alpha value is -1.32. The third-order valence-electron chi connectivity index (χ3n) is 3.97. The Kier molecular flexibility index (Phi) is 4.08. The first-order valence-corrected chi connectivity index (χ1v) is 8.09. The Morgan fingerprint density at radius 2 is 2.10 bits per heavy atom. The molecule has 1 aliphatic rings. The van der Waals surface area contributed by atoms with Gasteiger partial charge in [0.1, 0.15) is 5.75 Å². The zero-order valence-corrected chi connectivity index (χ0v) is 12.8. The fourth-order valence-corrected chi connectivity index (χ4v) is 3.50. The van der Waals surface area contributed by atoms with E-state index in [1.165, 1.54) is 23.3 Å². The Balaban J connectivity index is 1.74. The summed E-state index contributed by atoms with van der Waals surface area (Å²) in [6, 6.07) is 13.6. The lowest BCUT2D eigenvalue weighted by molar-refractivity contribution is 0.409. The fourth-order valence-electron chi connectivity index (χ4n) is 2.62. The third-order valence-corrected chi connectivity index (χ3v) is 4.92. The average molecular weight is 287 g/mol. The highest BCUT2D eigenvalue weighted by Crippen LogP contribution is 2.43. The van der Waals surface area contributed by atoms with E-state index in [0.29, 0.717) is 12.1 Å². The first-order valence-electron chi connectivity index (χ1n) is 7.21. The van der Waals surface area contributed by atoms with E-state index >= 15 is 0 Å². The number of methoxy groups -OCH3 is 1. The number of hydrogen-bond donors (Lipinski definition) is 1. The number of ether oxygens (including phenoxy) is 1. The smallest absolute Gasteiger partial charge is 0.119 e. The lowest BCUT2D eigenvalue weighted by Gasteiger charge is -2.23. The van der Waals surface area contributed by atoms with Gasteiger partial charge in [-0.3, -0.25) is 0 Å². The molecule has 0 aliphatic heterocycles. The van der Waals surface area contributed by atoms with Gasteiger partial charge in [0.15, 0.2) is 0 Å². The molecule has 1 fully saturated rings. The first kappa shape index (κ1) is 13.7. The van der Waals surface area contributed by atoms with Crippen LogP contribution in [0, 0.1) is 5.92 Å². The number of thiophene rings is 1. The molecular weight excluding hydrogens is 266 g/mol. The maximum atomic E-state index is 5.32. The van der Waals surface area contributed by atoms with Crippen molar-refractivity contribution in [2.75, 3.05) is 7.11 Å². The number of hydrogen-bond acceptors (Lipinski definition) is 3. The van der Waals surface area contributed by atoms with Crippen LogP contribution in [0.25, 0.3) is 0 Å². The summed E-state index contributed by atoms with van der Waals surface area (Å²) >= 11 is 1.86. The Morgan fingerprint density at radius 3 is 2.75 bits per heavy atom. The van der Waals surface area contributed by atoms with Crippen LogP contribution in [0.3, 0.4) is 0 Å². The lowest BCUT2D eigenvalue weighted by Crippen LogP contribution is -2.25. The maximum Gasteiger partial charge on any atom is 0.119 e. The van der Waals surface area contributed by atoms with Crippen LogP contribution in [-0.4, -0.2) is 7.11 Å². The van der Waals surface area contributed by atoms with E-state index in [4.69, 9.17) is 4.74 Å². The molecule has 2 nitrogen and oxygen atoms in total. The predicted molar refractivity (Wildman–Crippen MR) is 84.3 cm³/mol. The summed E-state index contributed by atoms with van der Waals surface area (Å²) in [5.41, 5.74) is 1.28. The summed E-state index contributed by atoms with van der Waals surface area (Å²) < 4.78 is 5.32. The van der Waals surface area contributed by atoms with Crippen molar-refractivity contribution >= 4 is 11.3 Å². The van der Waals surface area contributed by atoms with Crippen LogP contribution in [0.1, 0.15) is 42.3 Å². The van der Waals surface area contributed by atoms with Crippen molar-refractivity contribution in [3.63, 3.8) is 0 Å². The van der Waals surface area contributed by atoms with Gasteiger partial charge in [0.25, 0.3) is 0 Å². The van der Waals surface area contributed by atoms with E-state index < -0.39 is 0 Å². The molecule has 106 valence electrons. The van der Waals surface area contributed by atoms with E-state index in [9.17, 15) is 0 Å². The van der Waals surface area contributed by atoms with Gasteiger partial charge in [0.05, 0.1) is 7.11 Å². The highest BCUT2D eigenvalue weighted by Gasteiger charge is 2.33. The molecule has 1 aromatic carbocycles. The number of rotatable bonds is 6. The summed E-state index contributed by atoms with van der Waals surface area (Å²) in [5.74, 6) is 1.73. The Labute approximate surface area is 124 Å². The molecule has 2 aromatic rings. The van der Waals surface area contributed by atoms with Crippen LogP contribution in [-0.2, 0) is 0 Å². The first-order chi connectivity index (χ1) is 9.78. The molecule has 0 radical (unpaired) electrons. The number of benzene rings is 1. The molecule has 1 saturated carbocycles. The maximum absolute atomic E-state index is 5.32. The fraction of sp³-hybridized carbons (Fsp3) is 0.412. The van der Waals surface area contributed by atoms with Crippen molar-refractivity contribution in [1.29, 1.82) is 0 Å². The van der Waals surface area contributed by atoms with Gasteiger partial charge in [-0.15, -0.1) is 11.3 Å². The molecule has 3 heteroatoms. The van der Waals surface area contributed by atoms with E-state index in [1.807, 2.05) is 17.4 Å². The molecule has 20 heavy (non-hydrogen) atoms. The molecule has 1 heterocycles. The topological polar surface area (TPSA) is 21.3 Å². The largest absolute Gasteiger partial charge is 0.497 e. The molecule has 0 spiro atoms. The van der Waals surface area contributed by atoms with E-state index in [2.05, 4.69) is 48.0 Å². The van der Waals surface area contributed by atoms with Gasteiger partial charge in [-0.05, 0) is 54.8 Å². The van der Waals surface area contributed by atoms with Crippen molar-refractivity contribution in [2.24, 2.45) is 5.92 Å². The van der Waals surface area contributed by atoms with Gasteiger partial charge < -0.3 is 10.1 Å². The molecule has 0 bridgehead atoms.